The van der Waals surface area contributed by atoms with E-state index in [0.29, 0.717) is 28.3 Å². The standard InChI is InChI=1S/C12H16Cl2N2O2S/c1-8-6-11(14)12(7-10(8)13)16-19(17,18)5-4-15-9-2-3-9/h6-7,9,15-16H,2-5H2,1H3. The Morgan fingerprint density at radius 2 is 1.95 bits per heavy atom. The van der Waals surface area contributed by atoms with Crippen LogP contribution < -0.4 is 10.0 Å². The molecule has 0 aliphatic heterocycles. The SMILES string of the molecule is Cc1cc(Cl)c(NS(=O)(=O)CCNC2CC2)cc1Cl. The molecular formula is C12H16Cl2N2O2S. The van der Waals surface area contributed by atoms with Crippen molar-refractivity contribution in [3.8, 4) is 0 Å². The minimum absolute atomic E-state index is 0.0192. The Morgan fingerprint density at radius 3 is 2.58 bits per heavy atom. The number of sulfonamides is 1. The van der Waals surface area contributed by atoms with Crippen LogP contribution in [0.25, 0.3) is 0 Å². The third-order valence-electron chi connectivity index (χ3n) is 2.89. The molecule has 4 nitrogen and oxygen atoms in total. The van der Waals surface area contributed by atoms with Gasteiger partial charge in [-0.05, 0) is 37.5 Å². The molecule has 1 aromatic rings. The van der Waals surface area contributed by atoms with Crippen molar-refractivity contribution < 1.29 is 8.42 Å². The van der Waals surface area contributed by atoms with Gasteiger partial charge in [0.25, 0.3) is 0 Å². The van der Waals surface area contributed by atoms with Crippen molar-refractivity contribution in [1.82, 2.24) is 5.32 Å². The summed E-state index contributed by atoms with van der Waals surface area (Å²) in [6.45, 7) is 2.25. The topological polar surface area (TPSA) is 58.2 Å². The summed E-state index contributed by atoms with van der Waals surface area (Å²) in [4.78, 5) is 0. The van der Waals surface area contributed by atoms with Gasteiger partial charge in [0.05, 0.1) is 16.5 Å². The molecule has 1 aromatic carbocycles. The molecular weight excluding hydrogens is 307 g/mol. The van der Waals surface area contributed by atoms with Crippen LogP contribution in [0, 0.1) is 6.92 Å². The fourth-order valence-corrected chi connectivity index (χ4v) is 3.11. The minimum atomic E-state index is -3.41. The maximum absolute atomic E-state index is 11.9. The van der Waals surface area contributed by atoms with Crippen molar-refractivity contribution in [2.45, 2.75) is 25.8 Å². The molecule has 0 saturated heterocycles. The van der Waals surface area contributed by atoms with Gasteiger partial charge in [-0.1, -0.05) is 23.2 Å². The number of halogens is 2. The maximum atomic E-state index is 11.9. The lowest BCUT2D eigenvalue weighted by molar-refractivity contribution is 0.595. The van der Waals surface area contributed by atoms with Crippen molar-refractivity contribution >= 4 is 38.9 Å². The Morgan fingerprint density at radius 1 is 1.26 bits per heavy atom. The first-order chi connectivity index (χ1) is 8.87. The molecule has 0 unspecified atom stereocenters. The Bertz CT molecular complexity index is 571. The van der Waals surface area contributed by atoms with Crippen LogP contribution in [-0.2, 0) is 10.0 Å². The number of anilines is 1. The Kier molecular flexibility index (Phi) is 4.61. The van der Waals surface area contributed by atoms with E-state index in [-0.39, 0.29) is 5.75 Å². The number of benzene rings is 1. The van der Waals surface area contributed by atoms with Crippen molar-refractivity contribution in [3.05, 3.63) is 27.7 Å². The van der Waals surface area contributed by atoms with Gasteiger partial charge in [-0.15, -0.1) is 0 Å². The monoisotopic (exact) mass is 322 g/mol. The van der Waals surface area contributed by atoms with Gasteiger partial charge in [-0.3, -0.25) is 4.72 Å². The molecule has 0 spiro atoms. The van der Waals surface area contributed by atoms with Crippen LogP contribution in [0.15, 0.2) is 12.1 Å². The van der Waals surface area contributed by atoms with Gasteiger partial charge in [0, 0.05) is 17.6 Å². The first-order valence-corrected chi connectivity index (χ1v) is 8.48. The summed E-state index contributed by atoms with van der Waals surface area (Å²) in [5.74, 6) is 0.0192. The lowest BCUT2D eigenvalue weighted by Gasteiger charge is -2.11. The van der Waals surface area contributed by atoms with Crippen molar-refractivity contribution in [3.63, 3.8) is 0 Å². The van der Waals surface area contributed by atoms with Crippen LogP contribution in [0.1, 0.15) is 18.4 Å². The molecule has 1 fully saturated rings. The Labute approximate surface area is 123 Å². The van der Waals surface area contributed by atoms with Crippen LogP contribution in [-0.4, -0.2) is 26.8 Å². The van der Waals surface area contributed by atoms with Gasteiger partial charge >= 0.3 is 0 Å². The van der Waals surface area contributed by atoms with Crippen LogP contribution in [0.3, 0.4) is 0 Å². The second-order valence-corrected chi connectivity index (χ2v) is 7.39. The van der Waals surface area contributed by atoms with E-state index in [1.165, 1.54) is 6.07 Å². The number of rotatable bonds is 6. The fourth-order valence-electron chi connectivity index (χ4n) is 1.63. The summed E-state index contributed by atoms with van der Waals surface area (Å²) < 4.78 is 26.3. The van der Waals surface area contributed by atoms with E-state index in [0.717, 1.165) is 18.4 Å². The van der Waals surface area contributed by atoms with Crippen molar-refractivity contribution in [1.29, 1.82) is 0 Å². The number of aryl methyl sites for hydroxylation is 1. The quantitative estimate of drug-likeness (QED) is 0.846. The first-order valence-electron chi connectivity index (χ1n) is 6.07. The molecule has 19 heavy (non-hydrogen) atoms. The molecule has 0 bridgehead atoms. The van der Waals surface area contributed by atoms with Gasteiger partial charge in [0.15, 0.2) is 0 Å². The fraction of sp³-hybridized carbons (Fsp3) is 0.500. The first kappa shape index (κ1) is 14.9. The highest BCUT2D eigenvalue weighted by Gasteiger charge is 2.21. The van der Waals surface area contributed by atoms with Crippen LogP contribution in [0.4, 0.5) is 5.69 Å². The number of hydrogen-bond acceptors (Lipinski definition) is 3. The zero-order valence-electron chi connectivity index (χ0n) is 10.5. The highest BCUT2D eigenvalue weighted by Crippen LogP contribution is 2.29. The van der Waals surface area contributed by atoms with E-state index in [2.05, 4.69) is 10.0 Å². The molecule has 0 amide bonds. The van der Waals surface area contributed by atoms with Gasteiger partial charge in [-0.25, -0.2) is 8.42 Å². The van der Waals surface area contributed by atoms with Crippen LogP contribution in [0.5, 0.6) is 0 Å². The highest BCUT2D eigenvalue weighted by atomic mass is 35.5. The lowest BCUT2D eigenvalue weighted by atomic mass is 10.2. The summed E-state index contributed by atoms with van der Waals surface area (Å²) >= 11 is 12.0. The highest BCUT2D eigenvalue weighted by molar-refractivity contribution is 7.92. The van der Waals surface area contributed by atoms with Gasteiger partial charge in [0.1, 0.15) is 0 Å². The van der Waals surface area contributed by atoms with E-state index in [1.807, 2.05) is 6.92 Å². The smallest absolute Gasteiger partial charge is 0.234 e. The summed E-state index contributed by atoms with van der Waals surface area (Å²) in [7, 11) is -3.41. The molecule has 1 saturated carbocycles. The Balaban J connectivity index is 2.00. The largest absolute Gasteiger partial charge is 0.313 e. The third-order valence-corrected chi connectivity index (χ3v) is 4.89. The number of nitrogens with one attached hydrogen (secondary N) is 2. The van der Waals surface area contributed by atoms with E-state index in [9.17, 15) is 8.42 Å². The summed E-state index contributed by atoms with van der Waals surface area (Å²) in [6, 6.07) is 3.67. The summed E-state index contributed by atoms with van der Waals surface area (Å²) in [5, 5.41) is 3.99. The minimum Gasteiger partial charge on any atom is -0.313 e. The molecule has 0 atom stereocenters. The summed E-state index contributed by atoms with van der Waals surface area (Å²) in [5.41, 5.74) is 1.13. The molecule has 1 aliphatic rings. The lowest BCUT2D eigenvalue weighted by Crippen LogP contribution is -2.28. The molecule has 2 rings (SSSR count). The van der Waals surface area contributed by atoms with Gasteiger partial charge < -0.3 is 5.32 Å². The van der Waals surface area contributed by atoms with Crippen molar-refractivity contribution in [2.75, 3.05) is 17.0 Å². The van der Waals surface area contributed by atoms with E-state index in [4.69, 9.17) is 23.2 Å². The van der Waals surface area contributed by atoms with E-state index in [1.54, 1.807) is 6.07 Å². The number of hydrogen-bond donors (Lipinski definition) is 2. The van der Waals surface area contributed by atoms with Gasteiger partial charge in [0.2, 0.25) is 10.0 Å². The molecule has 0 radical (unpaired) electrons. The Hall–Kier alpha value is -0.490. The molecule has 0 aromatic heterocycles. The zero-order valence-corrected chi connectivity index (χ0v) is 12.9. The molecule has 7 heteroatoms. The van der Waals surface area contributed by atoms with Crippen molar-refractivity contribution in [2.24, 2.45) is 0 Å². The second kappa shape index (κ2) is 5.87. The average molecular weight is 323 g/mol. The van der Waals surface area contributed by atoms with E-state index >= 15 is 0 Å². The predicted molar refractivity (Wildman–Crippen MR) is 79.6 cm³/mol. The third kappa shape index (κ3) is 4.53. The summed E-state index contributed by atoms with van der Waals surface area (Å²) in [6.07, 6.45) is 2.26. The van der Waals surface area contributed by atoms with E-state index < -0.39 is 10.0 Å². The van der Waals surface area contributed by atoms with Crippen LogP contribution in [0.2, 0.25) is 10.0 Å². The normalized spacial score (nSPS) is 15.5. The average Bonchev–Trinajstić information content (AvgIpc) is 3.09. The van der Waals surface area contributed by atoms with Gasteiger partial charge in [-0.2, -0.15) is 0 Å². The predicted octanol–water partition coefficient (Wildman–Crippen LogP) is 2.80. The van der Waals surface area contributed by atoms with Crippen LogP contribution >= 0.6 is 23.2 Å². The second-order valence-electron chi connectivity index (χ2n) is 4.73. The molecule has 1 aliphatic carbocycles. The molecule has 0 heterocycles. The molecule has 2 N–H and O–H groups in total. The zero-order chi connectivity index (χ0) is 14.0. The molecule has 106 valence electrons. The maximum Gasteiger partial charge on any atom is 0.234 e.